The van der Waals surface area contributed by atoms with Crippen LogP contribution in [-0.4, -0.2) is 42.5 Å². The number of unbranched alkanes of at least 4 members (excludes halogenated alkanes) is 2. The molecule has 0 bridgehead atoms. The van der Waals surface area contributed by atoms with Gasteiger partial charge < -0.3 is 10.0 Å². The Balaban J connectivity index is 2.05. The summed E-state index contributed by atoms with van der Waals surface area (Å²) in [5.41, 5.74) is 0. The van der Waals surface area contributed by atoms with Gasteiger partial charge in [-0.1, -0.05) is 6.07 Å². The number of carbonyl (C=O) groups is 1. The van der Waals surface area contributed by atoms with Crippen molar-refractivity contribution in [1.82, 2.24) is 4.90 Å². The van der Waals surface area contributed by atoms with Crippen molar-refractivity contribution >= 4 is 17.1 Å². The Morgan fingerprint density at radius 1 is 1.28 bits per heavy atom. The largest absolute Gasteiger partial charge is 0.396 e. The van der Waals surface area contributed by atoms with Gasteiger partial charge in [0.25, 0.3) is 0 Å². The van der Waals surface area contributed by atoms with Crippen molar-refractivity contribution < 1.29 is 9.90 Å². The van der Waals surface area contributed by atoms with E-state index in [4.69, 9.17) is 5.11 Å². The van der Waals surface area contributed by atoms with E-state index in [9.17, 15) is 4.79 Å². The Kier molecular flexibility index (Phi) is 7.89. The number of nitrogens with zero attached hydrogens (tertiary/aromatic N) is 1. The smallest absolute Gasteiger partial charge is 0.172 e. The average Bonchev–Trinajstić information content (AvgIpc) is 2.88. The molecular formula is C14H23NO2S. The third kappa shape index (κ3) is 6.28. The second-order valence-corrected chi connectivity index (χ2v) is 5.54. The van der Waals surface area contributed by atoms with E-state index in [1.54, 1.807) is 0 Å². The highest BCUT2D eigenvalue weighted by atomic mass is 32.1. The first-order valence-corrected chi connectivity index (χ1v) is 7.48. The van der Waals surface area contributed by atoms with Gasteiger partial charge in [0.1, 0.15) is 0 Å². The van der Waals surface area contributed by atoms with Gasteiger partial charge in [0, 0.05) is 13.0 Å². The highest BCUT2D eigenvalue weighted by molar-refractivity contribution is 7.12. The summed E-state index contributed by atoms with van der Waals surface area (Å²) in [6.45, 7) is 2.31. The fourth-order valence-electron chi connectivity index (χ4n) is 1.85. The first-order valence-electron chi connectivity index (χ1n) is 6.60. The molecule has 0 fully saturated rings. The molecule has 0 saturated heterocycles. The number of aliphatic hydroxyl groups is 1. The zero-order chi connectivity index (χ0) is 13.2. The predicted molar refractivity (Wildman–Crippen MR) is 76.3 cm³/mol. The van der Waals surface area contributed by atoms with Crippen molar-refractivity contribution in [2.45, 2.75) is 32.1 Å². The molecule has 0 atom stereocenters. The molecule has 0 aliphatic heterocycles. The Labute approximate surface area is 113 Å². The third-order valence-electron chi connectivity index (χ3n) is 2.94. The number of rotatable bonds is 10. The standard InChI is InChI=1S/C14H23NO2S/c1-15(9-3-2-4-11-16)10-5-7-13(17)14-8-6-12-18-14/h6,8,12,16H,2-5,7,9-11H2,1H3. The average molecular weight is 269 g/mol. The van der Waals surface area contributed by atoms with E-state index in [0.29, 0.717) is 13.0 Å². The molecule has 0 amide bonds. The number of thiophene rings is 1. The van der Waals surface area contributed by atoms with Crippen LogP contribution in [0.2, 0.25) is 0 Å². The van der Waals surface area contributed by atoms with E-state index >= 15 is 0 Å². The van der Waals surface area contributed by atoms with Crippen LogP contribution >= 0.6 is 11.3 Å². The Morgan fingerprint density at radius 2 is 2.06 bits per heavy atom. The maximum absolute atomic E-state index is 11.8. The predicted octanol–water partition coefficient (Wildman–Crippen LogP) is 2.81. The minimum atomic E-state index is 0.263. The zero-order valence-corrected chi connectivity index (χ0v) is 11.9. The molecule has 1 aromatic rings. The maximum Gasteiger partial charge on any atom is 0.172 e. The van der Waals surface area contributed by atoms with E-state index in [0.717, 1.165) is 43.6 Å². The number of carbonyl (C=O) groups excluding carboxylic acids is 1. The minimum Gasteiger partial charge on any atom is -0.396 e. The zero-order valence-electron chi connectivity index (χ0n) is 11.1. The molecule has 0 aliphatic carbocycles. The molecule has 4 heteroatoms. The van der Waals surface area contributed by atoms with Gasteiger partial charge in [-0.15, -0.1) is 11.3 Å². The number of Topliss-reactive ketones (excluding diaryl/α,β-unsaturated/α-hetero) is 1. The van der Waals surface area contributed by atoms with Gasteiger partial charge in [-0.25, -0.2) is 0 Å². The molecule has 0 unspecified atom stereocenters. The van der Waals surface area contributed by atoms with Crippen molar-refractivity contribution in [1.29, 1.82) is 0 Å². The monoisotopic (exact) mass is 269 g/mol. The minimum absolute atomic E-state index is 0.263. The van der Waals surface area contributed by atoms with Crippen molar-refractivity contribution in [3.63, 3.8) is 0 Å². The molecule has 0 saturated carbocycles. The summed E-state index contributed by atoms with van der Waals surface area (Å²) in [5, 5.41) is 10.6. The number of hydrogen-bond acceptors (Lipinski definition) is 4. The normalized spacial score (nSPS) is 11.1. The van der Waals surface area contributed by atoms with E-state index in [1.807, 2.05) is 17.5 Å². The van der Waals surface area contributed by atoms with Crippen molar-refractivity contribution in [3.8, 4) is 0 Å². The summed E-state index contributed by atoms with van der Waals surface area (Å²) in [7, 11) is 2.09. The van der Waals surface area contributed by atoms with Crippen LogP contribution in [0.5, 0.6) is 0 Å². The maximum atomic E-state index is 11.8. The van der Waals surface area contributed by atoms with Crippen LogP contribution in [-0.2, 0) is 0 Å². The van der Waals surface area contributed by atoms with Crippen LogP contribution in [0.25, 0.3) is 0 Å². The fraction of sp³-hybridized carbons (Fsp3) is 0.643. The van der Waals surface area contributed by atoms with Crippen LogP contribution in [0.15, 0.2) is 17.5 Å². The lowest BCUT2D eigenvalue weighted by atomic mass is 10.2. The van der Waals surface area contributed by atoms with Gasteiger partial charge in [-0.2, -0.15) is 0 Å². The molecule has 1 N–H and O–H groups in total. The summed E-state index contributed by atoms with van der Waals surface area (Å²) in [4.78, 5) is 14.9. The SMILES string of the molecule is CN(CCCCCO)CCCC(=O)c1cccs1. The summed E-state index contributed by atoms with van der Waals surface area (Å²) in [6.07, 6.45) is 4.66. The first-order chi connectivity index (χ1) is 8.74. The number of ketones is 1. The highest BCUT2D eigenvalue weighted by Gasteiger charge is 2.07. The first kappa shape index (κ1) is 15.3. The summed E-state index contributed by atoms with van der Waals surface area (Å²) in [5.74, 6) is 0.263. The molecule has 18 heavy (non-hydrogen) atoms. The topological polar surface area (TPSA) is 40.5 Å². The molecule has 0 spiro atoms. The summed E-state index contributed by atoms with van der Waals surface area (Å²) < 4.78 is 0. The van der Waals surface area contributed by atoms with Gasteiger partial charge >= 0.3 is 0 Å². The quantitative estimate of drug-likeness (QED) is 0.524. The van der Waals surface area contributed by atoms with Crippen molar-refractivity contribution in [2.75, 3.05) is 26.7 Å². The van der Waals surface area contributed by atoms with Gasteiger partial charge in [0.05, 0.1) is 4.88 Å². The van der Waals surface area contributed by atoms with Crippen molar-refractivity contribution in [3.05, 3.63) is 22.4 Å². The second kappa shape index (κ2) is 9.25. The van der Waals surface area contributed by atoms with Gasteiger partial charge in [0.15, 0.2) is 5.78 Å². The highest BCUT2D eigenvalue weighted by Crippen LogP contribution is 2.12. The molecule has 102 valence electrons. The molecule has 1 aromatic heterocycles. The second-order valence-electron chi connectivity index (χ2n) is 4.59. The van der Waals surface area contributed by atoms with Gasteiger partial charge in [0.2, 0.25) is 0 Å². The Hall–Kier alpha value is -0.710. The van der Waals surface area contributed by atoms with E-state index in [-0.39, 0.29) is 5.78 Å². The number of hydrogen-bond donors (Lipinski definition) is 1. The Bertz CT molecular complexity index is 325. The van der Waals surface area contributed by atoms with Crippen LogP contribution in [0.4, 0.5) is 0 Å². The summed E-state index contributed by atoms with van der Waals surface area (Å²) >= 11 is 1.52. The molecule has 1 rings (SSSR count). The van der Waals surface area contributed by atoms with E-state index < -0.39 is 0 Å². The lowest BCUT2D eigenvalue weighted by Crippen LogP contribution is -2.21. The Morgan fingerprint density at radius 3 is 2.72 bits per heavy atom. The van der Waals surface area contributed by atoms with Crippen LogP contribution in [0.1, 0.15) is 41.8 Å². The molecule has 0 aromatic carbocycles. The van der Waals surface area contributed by atoms with Crippen LogP contribution in [0, 0.1) is 0 Å². The molecule has 0 aliphatic rings. The molecule has 3 nitrogen and oxygen atoms in total. The van der Waals surface area contributed by atoms with Gasteiger partial charge in [-0.05, 0) is 57.3 Å². The number of aliphatic hydroxyl groups excluding tert-OH is 1. The lowest BCUT2D eigenvalue weighted by molar-refractivity contribution is 0.0980. The summed E-state index contributed by atoms with van der Waals surface area (Å²) in [6, 6.07) is 3.82. The van der Waals surface area contributed by atoms with Crippen molar-refractivity contribution in [2.24, 2.45) is 0 Å². The molecule has 0 radical (unpaired) electrons. The van der Waals surface area contributed by atoms with Crippen LogP contribution in [0.3, 0.4) is 0 Å². The van der Waals surface area contributed by atoms with Crippen LogP contribution < -0.4 is 0 Å². The fourth-order valence-corrected chi connectivity index (χ4v) is 2.55. The molecule has 1 heterocycles. The third-order valence-corrected chi connectivity index (χ3v) is 3.85. The van der Waals surface area contributed by atoms with E-state index in [2.05, 4.69) is 11.9 Å². The van der Waals surface area contributed by atoms with Gasteiger partial charge in [-0.3, -0.25) is 4.79 Å². The lowest BCUT2D eigenvalue weighted by Gasteiger charge is -2.15. The molecular weight excluding hydrogens is 246 g/mol. The van der Waals surface area contributed by atoms with E-state index in [1.165, 1.54) is 11.3 Å².